The lowest BCUT2D eigenvalue weighted by Gasteiger charge is -2.30. The SMILES string of the molecule is CC(C)NC(C)(CCCN(C)CC1CC1)C(N)=O. The molecule has 4 nitrogen and oxygen atoms in total. The molecule has 3 N–H and O–H groups in total. The van der Waals surface area contributed by atoms with Gasteiger partial charge in [0.15, 0.2) is 0 Å². The summed E-state index contributed by atoms with van der Waals surface area (Å²) in [5.74, 6) is 0.673. The summed E-state index contributed by atoms with van der Waals surface area (Å²) in [6.07, 6.45) is 4.58. The molecule has 0 aliphatic heterocycles. The summed E-state index contributed by atoms with van der Waals surface area (Å²) >= 11 is 0. The van der Waals surface area contributed by atoms with Crippen LogP contribution in [-0.2, 0) is 4.79 Å². The third-order valence-electron chi connectivity index (χ3n) is 3.63. The number of primary amides is 1. The van der Waals surface area contributed by atoms with Crippen LogP contribution in [0.25, 0.3) is 0 Å². The van der Waals surface area contributed by atoms with Crippen LogP contribution >= 0.6 is 0 Å². The molecule has 1 aliphatic carbocycles. The molecule has 0 spiro atoms. The highest BCUT2D eigenvalue weighted by Crippen LogP contribution is 2.29. The minimum atomic E-state index is -0.575. The van der Waals surface area contributed by atoms with Gasteiger partial charge in [-0.1, -0.05) is 0 Å². The average Bonchev–Trinajstić information content (AvgIpc) is 3.00. The third-order valence-corrected chi connectivity index (χ3v) is 3.63. The highest BCUT2D eigenvalue weighted by atomic mass is 16.1. The van der Waals surface area contributed by atoms with Crippen LogP contribution in [-0.4, -0.2) is 42.5 Å². The first kappa shape index (κ1) is 15.4. The van der Waals surface area contributed by atoms with E-state index in [-0.39, 0.29) is 11.9 Å². The van der Waals surface area contributed by atoms with Crippen LogP contribution in [0.1, 0.15) is 46.5 Å². The number of carbonyl (C=O) groups is 1. The second-order valence-corrected chi connectivity index (χ2v) is 6.30. The molecule has 0 aromatic carbocycles. The predicted molar refractivity (Wildman–Crippen MR) is 75.3 cm³/mol. The van der Waals surface area contributed by atoms with Crippen LogP contribution in [0.15, 0.2) is 0 Å². The summed E-state index contributed by atoms with van der Waals surface area (Å²) in [5, 5.41) is 3.29. The Balaban J connectivity index is 2.29. The molecule has 0 radical (unpaired) electrons. The quantitative estimate of drug-likeness (QED) is 0.654. The summed E-state index contributed by atoms with van der Waals surface area (Å²) < 4.78 is 0. The molecule has 1 unspecified atom stereocenters. The van der Waals surface area contributed by atoms with Crippen molar-refractivity contribution in [1.29, 1.82) is 0 Å². The lowest BCUT2D eigenvalue weighted by Crippen LogP contribution is -2.55. The van der Waals surface area contributed by atoms with Crippen molar-refractivity contribution in [3.05, 3.63) is 0 Å². The monoisotopic (exact) mass is 255 g/mol. The zero-order chi connectivity index (χ0) is 13.8. The second-order valence-electron chi connectivity index (χ2n) is 6.30. The van der Waals surface area contributed by atoms with Crippen molar-refractivity contribution in [1.82, 2.24) is 10.2 Å². The topological polar surface area (TPSA) is 58.4 Å². The number of nitrogens with one attached hydrogen (secondary N) is 1. The highest BCUT2D eigenvalue weighted by Gasteiger charge is 2.31. The Bertz CT molecular complexity index is 276. The van der Waals surface area contributed by atoms with Crippen molar-refractivity contribution in [3.8, 4) is 0 Å². The number of amides is 1. The van der Waals surface area contributed by atoms with Gasteiger partial charge in [0.25, 0.3) is 0 Å². The van der Waals surface area contributed by atoms with Gasteiger partial charge in [-0.2, -0.15) is 0 Å². The molecule has 1 saturated carbocycles. The average molecular weight is 255 g/mol. The number of nitrogens with zero attached hydrogens (tertiary/aromatic N) is 1. The molecular weight excluding hydrogens is 226 g/mol. The van der Waals surface area contributed by atoms with Crippen LogP contribution in [0.3, 0.4) is 0 Å². The van der Waals surface area contributed by atoms with Crippen LogP contribution in [0.4, 0.5) is 0 Å². The Labute approximate surface area is 111 Å². The fraction of sp³-hybridized carbons (Fsp3) is 0.929. The minimum Gasteiger partial charge on any atom is -0.368 e. The van der Waals surface area contributed by atoms with Gasteiger partial charge in [-0.3, -0.25) is 4.79 Å². The van der Waals surface area contributed by atoms with Gasteiger partial charge in [0.05, 0.1) is 5.54 Å². The number of rotatable bonds is 9. The third kappa shape index (κ3) is 5.36. The molecule has 0 aromatic rings. The molecule has 0 bridgehead atoms. The van der Waals surface area contributed by atoms with Crippen LogP contribution in [0, 0.1) is 5.92 Å². The van der Waals surface area contributed by atoms with E-state index in [1.165, 1.54) is 19.4 Å². The van der Waals surface area contributed by atoms with Gasteiger partial charge in [0, 0.05) is 12.6 Å². The zero-order valence-corrected chi connectivity index (χ0v) is 12.3. The molecule has 0 heterocycles. The molecule has 1 atom stereocenters. The van der Waals surface area contributed by atoms with Gasteiger partial charge in [-0.25, -0.2) is 0 Å². The largest absolute Gasteiger partial charge is 0.368 e. The van der Waals surface area contributed by atoms with E-state index in [1.54, 1.807) is 0 Å². The van der Waals surface area contributed by atoms with Gasteiger partial charge < -0.3 is 16.0 Å². The summed E-state index contributed by atoms with van der Waals surface area (Å²) in [5.41, 5.74) is 4.94. The van der Waals surface area contributed by atoms with Crippen molar-refractivity contribution in [2.45, 2.75) is 58.0 Å². The number of hydrogen-bond donors (Lipinski definition) is 2. The molecule has 106 valence electrons. The summed E-state index contributed by atoms with van der Waals surface area (Å²) in [6, 6.07) is 0.270. The molecule has 1 amide bonds. The van der Waals surface area contributed by atoms with E-state index in [1.807, 2.05) is 20.8 Å². The van der Waals surface area contributed by atoms with Crippen molar-refractivity contribution in [3.63, 3.8) is 0 Å². The smallest absolute Gasteiger partial charge is 0.237 e. The van der Waals surface area contributed by atoms with E-state index in [2.05, 4.69) is 17.3 Å². The zero-order valence-electron chi connectivity index (χ0n) is 12.3. The van der Waals surface area contributed by atoms with Crippen LogP contribution in [0.2, 0.25) is 0 Å². The van der Waals surface area contributed by atoms with Gasteiger partial charge in [-0.05, 0) is 66.0 Å². The maximum absolute atomic E-state index is 11.6. The minimum absolute atomic E-state index is 0.249. The fourth-order valence-corrected chi connectivity index (χ4v) is 2.44. The van der Waals surface area contributed by atoms with Crippen LogP contribution < -0.4 is 11.1 Å². The molecule has 18 heavy (non-hydrogen) atoms. The van der Waals surface area contributed by atoms with Crippen molar-refractivity contribution >= 4 is 5.91 Å². The molecule has 1 aliphatic rings. The van der Waals surface area contributed by atoms with E-state index in [0.717, 1.165) is 25.3 Å². The first-order valence-corrected chi connectivity index (χ1v) is 7.09. The normalized spacial score (nSPS) is 19.2. The summed E-state index contributed by atoms with van der Waals surface area (Å²) in [6.45, 7) is 8.24. The maximum Gasteiger partial charge on any atom is 0.237 e. The molecule has 0 aromatic heterocycles. The maximum atomic E-state index is 11.6. The molecule has 4 heteroatoms. The molecule has 0 saturated heterocycles. The lowest BCUT2D eigenvalue weighted by molar-refractivity contribution is -0.124. The van der Waals surface area contributed by atoms with E-state index in [0.29, 0.717) is 0 Å². The van der Waals surface area contributed by atoms with Gasteiger partial charge >= 0.3 is 0 Å². The first-order chi connectivity index (χ1) is 8.33. The highest BCUT2D eigenvalue weighted by molar-refractivity contribution is 5.84. The second kappa shape index (κ2) is 6.53. The van der Waals surface area contributed by atoms with E-state index in [9.17, 15) is 4.79 Å². The van der Waals surface area contributed by atoms with E-state index < -0.39 is 5.54 Å². The Morgan fingerprint density at radius 1 is 1.50 bits per heavy atom. The Hall–Kier alpha value is -0.610. The number of carbonyl (C=O) groups excluding carboxylic acids is 1. The fourth-order valence-electron chi connectivity index (χ4n) is 2.44. The van der Waals surface area contributed by atoms with Gasteiger partial charge in [-0.15, -0.1) is 0 Å². The van der Waals surface area contributed by atoms with Gasteiger partial charge in [0.2, 0.25) is 5.91 Å². The summed E-state index contributed by atoms with van der Waals surface area (Å²) in [7, 11) is 2.16. The van der Waals surface area contributed by atoms with Crippen molar-refractivity contribution in [2.24, 2.45) is 11.7 Å². The van der Waals surface area contributed by atoms with E-state index in [4.69, 9.17) is 5.73 Å². The Morgan fingerprint density at radius 3 is 2.56 bits per heavy atom. The Kier molecular flexibility index (Phi) is 5.60. The number of nitrogens with two attached hydrogens (primary N) is 1. The van der Waals surface area contributed by atoms with E-state index >= 15 is 0 Å². The standard InChI is InChI=1S/C14H29N3O/c1-11(2)16-14(3,13(15)18)8-5-9-17(4)10-12-6-7-12/h11-12,16H,5-10H2,1-4H3,(H2,15,18). The summed E-state index contributed by atoms with van der Waals surface area (Å²) in [4.78, 5) is 13.9. The lowest BCUT2D eigenvalue weighted by atomic mass is 9.94. The molecular formula is C14H29N3O. The Morgan fingerprint density at radius 2 is 2.11 bits per heavy atom. The van der Waals surface area contributed by atoms with Crippen molar-refractivity contribution < 1.29 is 4.79 Å². The predicted octanol–water partition coefficient (Wildman–Crippen LogP) is 1.35. The van der Waals surface area contributed by atoms with Gasteiger partial charge in [0.1, 0.15) is 0 Å². The number of hydrogen-bond acceptors (Lipinski definition) is 3. The van der Waals surface area contributed by atoms with Crippen LogP contribution in [0.5, 0.6) is 0 Å². The van der Waals surface area contributed by atoms with Crippen molar-refractivity contribution in [2.75, 3.05) is 20.1 Å². The molecule has 1 fully saturated rings. The molecule has 1 rings (SSSR count). The first-order valence-electron chi connectivity index (χ1n) is 7.09.